The quantitative estimate of drug-likeness (QED) is 0.190. The molecule has 2 N–H and O–H groups in total. The first kappa shape index (κ1) is 28.6. The van der Waals surface area contributed by atoms with E-state index in [-0.39, 0.29) is 24.3 Å². The summed E-state index contributed by atoms with van der Waals surface area (Å²) in [5.41, 5.74) is 9.14. The van der Waals surface area contributed by atoms with Crippen molar-refractivity contribution in [3.05, 3.63) is 101 Å². The number of para-hydroxylation sites is 2. The standard InChI is InChI=1S/C33H38N4O3/c1-22(2)17-29(35-32(38)21-40-31-16-9-6-12-24(31)4)33(39)36-34-19-28-25(5)37(30-15-8-7-14-27(28)30)20-26-13-10-11-23(3)18-26/h6-16,18-19,22,29H,17,20-21H2,1-5H3,(H,35,38)(H,36,39)/b34-19-/t29-/m1/s1. The smallest absolute Gasteiger partial charge is 0.262 e. The fraction of sp³-hybridized carbons (Fsp3) is 0.303. The summed E-state index contributed by atoms with van der Waals surface area (Å²) in [6.45, 7) is 10.7. The SMILES string of the molecule is Cc1cccc(Cn2c(C)c(/C=N\NC(=O)[C@@H](CC(C)C)NC(=O)COc3ccccc3C)c3ccccc32)c1. The number of carbonyl (C=O) groups excluding carboxylic acids is 2. The van der Waals surface area contributed by atoms with E-state index in [2.05, 4.69) is 70.7 Å². The molecular weight excluding hydrogens is 500 g/mol. The molecule has 0 aliphatic heterocycles. The molecule has 0 unspecified atom stereocenters. The third kappa shape index (κ3) is 7.17. The van der Waals surface area contributed by atoms with Gasteiger partial charge >= 0.3 is 0 Å². The monoisotopic (exact) mass is 538 g/mol. The largest absolute Gasteiger partial charge is 0.484 e. The minimum absolute atomic E-state index is 0.171. The minimum Gasteiger partial charge on any atom is -0.484 e. The van der Waals surface area contributed by atoms with Crippen LogP contribution in [0, 0.1) is 26.7 Å². The molecule has 0 saturated heterocycles. The molecule has 7 nitrogen and oxygen atoms in total. The lowest BCUT2D eigenvalue weighted by Gasteiger charge is -2.19. The van der Waals surface area contributed by atoms with Crippen molar-refractivity contribution in [3.63, 3.8) is 0 Å². The predicted molar refractivity (Wildman–Crippen MR) is 161 cm³/mol. The summed E-state index contributed by atoms with van der Waals surface area (Å²) in [5.74, 6) is 0.113. The maximum Gasteiger partial charge on any atom is 0.262 e. The van der Waals surface area contributed by atoms with Crippen molar-refractivity contribution in [1.29, 1.82) is 0 Å². The maximum atomic E-state index is 13.1. The zero-order valence-electron chi connectivity index (χ0n) is 23.9. The second-order valence-electron chi connectivity index (χ2n) is 10.6. The molecule has 0 saturated carbocycles. The molecule has 0 aliphatic carbocycles. The van der Waals surface area contributed by atoms with Gasteiger partial charge in [-0.15, -0.1) is 0 Å². The Labute approximate surface area is 236 Å². The van der Waals surface area contributed by atoms with Crippen LogP contribution in [0.3, 0.4) is 0 Å². The van der Waals surface area contributed by atoms with Crippen LogP contribution in [0.5, 0.6) is 5.75 Å². The van der Waals surface area contributed by atoms with Crippen molar-refractivity contribution in [3.8, 4) is 5.75 Å². The highest BCUT2D eigenvalue weighted by molar-refractivity contribution is 6.01. The highest BCUT2D eigenvalue weighted by atomic mass is 16.5. The molecule has 4 rings (SSSR count). The summed E-state index contributed by atoms with van der Waals surface area (Å²) in [7, 11) is 0. The Morgan fingerprint density at radius 1 is 0.975 bits per heavy atom. The van der Waals surface area contributed by atoms with Crippen molar-refractivity contribution in [1.82, 2.24) is 15.3 Å². The fourth-order valence-corrected chi connectivity index (χ4v) is 4.86. The van der Waals surface area contributed by atoms with Crippen molar-refractivity contribution in [2.45, 2.75) is 53.6 Å². The number of nitrogens with one attached hydrogen (secondary N) is 2. The van der Waals surface area contributed by atoms with E-state index in [9.17, 15) is 9.59 Å². The van der Waals surface area contributed by atoms with E-state index in [1.54, 1.807) is 6.21 Å². The van der Waals surface area contributed by atoms with Crippen molar-refractivity contribution >= 4 is 28.9 Å². The van der Waals surface area contributed by atoms with E-state index in [1.165, 1.54) is 11.1 Å². The summed E-state index contributed by atoms with van der Waals surface area (Å²) in [5, 5.41) is 8.18. The summed E-state index contributed by atoms with van der Waals surface area (Å²) in [6.07, 6.45) is 2.17. The van der Waals surface area contributed by atoms with Crippen LogP contribution in [0.1, 0.15) is 48.2 Å². The molecule has 3 aromatic carbocycles. The maximum absolute atomic E-state index is 13.1. The van der Waals surface area contributed by atoms with E-state index >= 15 is 0 Å². The van der Waals surface area contributed by atoms with Gasteiger partial charge in [-0.2, -0.15) is 5.10 Å². The Balaban J connectivity index is 1.46. The third-order valence-electron chi connectivity index (χ3n) is 6.88. The van der Waals surface area contributed by atoms with Gasteiger partial charge in [0, 0.05) is 28.7 Å². The highest BCUT2D eigenvalue weighted by Gasteiger charge is 2.22. The van der Waals surface area contributed by atoms with Gasteiger partial charge < -0.3 is 14.6 Å². The predicted octanol–water partition coefficient (Wildman–Crippen LogP) is 5.67. The number of hydrogen-bond donors (Lipinski definition) is 2. The van der Waals surface area contributed by atoms with Gasteiger partial charge in [0.15, 0.2) is 6.61 Å². The average Bonchev–Trinajstić information content (AvgIpc) is 3.18. The third-order valence-corrected chi connectivity index (χ3v) is 6.88. The number of hydrogen-bond acceptors (Lipinski definition) is 4. The number of ether oxygens (including phenoxy) is 1. The molecule has 0 bridgehead atoms. The molecule has 0 fully saturated rings. The van der Waals surface area contributed by atoms with Gasteiger partial charge in [-0.1, -0.05) is 80.1 Å². The number of aryl methyl sites for hydroxylation is 2. The summed E-state index contributed by atoms with van der Waals surface area (Å²) < 4.78 is 7.92. The summed E-state index contributed by atoms with van der Waals surface area (Å²) in [6, 6.07) is 23.5. The van der Waals surface area contributed by atoms with Crippen LogP contribution >= 0.6 is 0 Å². The molecule has 2 amide bonds. The first-order valence-electron chi connectivity index (χ1n) is 13.7. The van der Waals surface area contributed by atoms with E-state index in [0.29, 0.717) is 12.2 Å². The van der Waals surface area contributed by atoms with Crippen molar-refractivity contribution in [2.75, 3.05) is 6.61 Å². The Hall–Kier alpha value is -4.39. The van der Waals surface area contributed by atoms with E-state index < -0.39 is 6.04 Å². The number of rotatable bonds is 11. The Morgan fingerprint density at radius 2 is 1.73 bits per heavy atom. The molecule has 0 aliphatic rings. The number of nitrogens with zero attached hydrogens (tertiary/aromatic N) is 2. The number of aromatic nitrogens is 1. The average molecular weight is 539 g/mol. The Morgan fingerprint density at radius 3 is 2.48 bits per heavy atom. The van der Waals surface area contributed by atoms with Gasteiger partial charge in [-0.25, -0.2) is 5.43 Å². The second kappa shape index (κ2) is 13.1. The molecule has 208 valence electrons. The lowest BCUT2D eigenvalue weighted by atomic mass is 10.0. The zero-order valence-corrected chi connectivity index (χ0v) is 23.9. The fourth-order valence-electron chi connectivity index (χ4n) is 4.86. The van der Waals surface area contributed by atoms with Crippen LogP contribution in [0.2, 0.25) is 0 Å². The van der Waals surface area contributed by atoms with Crippen LogP contribution in [0.4, 0.5) is 0 Å². The van der Waals surface area contributed by atoms with E-state index in [0.717, 1.165) is 34.3 Å². The van der Waals surface area contributed by atoms with Crippen LogP contribution in [-0.2, 0) is 16.1 Å². The van der Waals surface area contributed by atoms with Crippen LogP contribution in [0.15, 0.2) is 77.9 Å². The molecule has 0 radical (unpaired) electrons. The number of hydrazone groups is 1. The van der Waals surface area contributed by atoms with Crippen LogP contribution < -0.4 is 15.5 Å². The number of carbonyl (C=O) groups is 2. The Kier molecular flexibility index (Phi) is 9.38. The van der Waals surface area contributed by atoms with Gasteiger partial charge in [0.05, 0.1) is 6.21 Å². The molecule has 1 aromatic heterocycles. The highest BCUT2D eigenvalue weighted by Crippen LogP contribution is 2.26. The number of benzene rings is 3. The normalized spacial score (nSPS) is 12.2. The first-order valence-corrected chi connectivity index (χ1v) is 13.7. The Bertz CT molecular complexity index is 1520. The molecular formula is C33H38N4O3. The van der Waals surface area contributed by atoms with Crippen molar-refractivity contribution in [2.24, 2.45) is 11.0 Å². The molecule has 4 aromatic rings. The lowest BCUT2D eigenvalue weighted by molar-refractivity contribution is -0.130. The van der Waals surface area contributed by atoms with E-state index in [4.69, 9.17) is 4.74 Å². The van der Waals surface area contributed by atoms with Crippen LogP contribution in [0.25, 0.3) is 10.9 Å². The van der Waals surface area contributed by atoms with Gasteiger partial charge in [-0.05, 0) is 56.4 Å². The molecule has 7 heteroatoms. The topological polar surface area (TPSA) is 84.7 Å². The molecule has 1 atom stereocenters. The van der Waals surface area contributed by atoms with Gasteiger partial charge in [-0.3, -0.25) is 9.59 Å². The van der Waals surface area contributed by atoms with Gasteiger partial charge in [0.2, 0.25) is 0 Å². The van der Waals surface area contributed by atoms with Gasteiger partial charge in [0.1, 0.15) is 11.8 Å². The number of fused-ring (bicyclic) bond motifs is 1. The first-order chi connectivity index (χ1) is 19.2. The summed E-state index contributed by atoms with van der Waals surface area (Å²) in [4.78, 5) is 25.7. The molecule has 40 heavy (non-hydrogen) atoms. The molecule has 1 heterocycles. The number of amides is 2. The second-order valence-corrected chi connectivity index (χ2v) is 10.6. The van der Waals surface area contributed by atoms with Crippen molar-refractivity contribution < 1.29 is 14.3 Å². The minimum atomic E-state index is -0.728. The van der Waals surface area contributed by atoms with Crippen LogP contribution in [-0.4, -0.2) is 35.2 Å². The van der Waals surface area contributed by atoms with E-state index in [1.807, 2.05) is 57.2 Å². The lowest BCUT2D eigenvalue weighted by Crippen LogP contribution is -2.47. The van der Waals surface area contributed by atoms with Gasteiger partial charge in [0.25, 0.3) is 11.8 Å². The molecule has 0 spiro atoms. The zero-order chi connectivity index (χ0) is 28.6. The summed E-state index contributed by atoms with van der Waals surface area (Å²) >= 11 is 0.